The Kier molecular flexibility index (Phi) is 5.71. The van der Waals surface area contributed by atoms with Gasteiger partial charge in [0.25, 0.3) is 0 Å². The van der Waals surface area contributed by atoms with Gasteiger partial charge in [-0.1, -0.05) is 12.1 Å². The maximum atomic E-state index is 6.08. The summed E-state index contributed by atoms with van der Waals surface area (Å²) in [5, 5.41) is 5.63. The van der Waals surface area contributed by atoms with Gasteiger partial charge in [0.2, 0.25) is 0 Å². The number of methoxy groups -OCH3 is 4. The number of nitrogens with one attached hydrogen (secondary N) is 1. The van der Waals surface area contributed by atoms with E-state index in [9.17, 15) is 0 Å². The van der Waals surface area contributed by atoms with Gasteiger partial charge in [-0.15, -0.1) is 0 Å². The van der Waals surface area contributed by atoms with Gasteiger partial charge >= 0.3 is 0 Å². The second kappa shape index (κ2) is 8.31. The lowest BCUT2D eigenvalue weighted by Crippen LogP contribution is -2.36. The lowest BCUT2D eigenvalue weighted by Gasteiger charge is -2.32. The molecule has 1 aliphatic heterocycles. The SMILES string of the molecule is COc1cc2c(c(OC)c1-c1c(C)cc(OC)c3c(OC)cccc13)[C@@H](C)N[C@@H](C)C2. The van der Waals surface area contributed by atoms with E-state index in [2.05, 4.69) is 44.3 Å². The number of hydrogen-bond donors (Lipinski definition) is 1. The summed E-state index contributed by atoms with van der Waals surface area (Å²) in [5.41, 5.74) is 5.58. The molecule has 0 unspecified atom stereocenters. The summed E-state index contributed by atoms with van der Waals surface area (Å²) in [4.78, 5) is 0. The van der Waals surface area contributed by atoms with Crippen LogP contribution in [0.25, 0.3) is 21.9 Å². The molecule has 5 heteroatoms. The third-order valence-electron chi connectivity index (χ3n) is 6.26. The summed E-state index contributed by atoms with van der Waals surface area (Å²) >= 11 is 0. The Balaban J connectivity index is 2.14. The van der Waals surface area contributed by atoms with Crippen LogP contribution in [0, 0.1) is 6.92 Å². The maximum Gasteiger partial charge on any atom is 0.135 e. The number of fused-ring (bicyclic) bond motifs is 2. The highest BCUT2D eigenvalue weighted by Crippen LogP contribution is 2.51. The predicted molar refractivity (Wildman–Crippen MR) is 125 cm³/mol. The first-order valence-electron chi connectivity index (χ1n) is 10.6. The number of hydrogen-bond acceptors (Lipinski definition) is 5. The quantitative estimate of drug-likeness (QED) is 0.594. The molecule has 5 nitrogen and oxygen atoms in total. The molecule has 31 heavy (non-hydrogen) atoms. The van der Waals surface area contributed by atoms with Crippen molar-refractivity contribution in [3.8, 4) is 34.1 Å². The summed E-state index contributed by atoms with van der Waals surface area (Å²) in [6, 6.07) is 10.9. The van der Waals surface area contributed by atoms with Crippen molar-refractivity contribution in [2.45, 2.75) is 39.3 Å². The van der Waals surface area contributed by atoms with Crippen LogP contribution in [0.2, 0.25) is 0 Å². The molecular formula is C26H31NO4. The first-order valence-corrected chi connectivity index (χ1v) is 10.6. The van der Waals surface area contributed by atoms with Crippen molar-refractivity contribution in [1.82, 2.24) is 5.32 Å². The maximum absolute atomic E-state index is 6.08. The molecule has 2 atom stereocenters. The van der Waals surface area contributed by atoms with Crippen LogP contribution in [0.5, 0.6) is 23.0 Å². The van der Waals surface area contributed by atoms with Crippen molar-refractivity contribution in [3.63, 3.8) is 0 Å². The first kappa shape index (κ1) is 21.3. The van der Waals surface area contributed by atoms with Crippen LogP contribution in [0.1, 0.15) is 36.6 Å². The molecule has 164 valence electrons. The van der Waals surface area contributed by atoms with Gasteiger partial charge in [-0.2, -0.15) is 0 Å². The van der Waals surface area contributed by atoms with E-state index in [-0.39, 0.29) is 6.04 Å². The highest BCUT2D eigenvalue weighted by molar-refractivity contribution is 6.07. The molecular weight excluding hydrogens is 390 g/mol. The highest BCUT2D eigenvalue weighted by Gasteiger charge is 2.30. The normalized spacial score (nSPS) is 17.9. The van der Waals surface area contributed by atoms with Crippen LogP contribution in [0.3, 0.4) is 0 Å². The molecule has 0 saturated carbocycles. The van der Waals surface area contributed by atoms with E-state index in [1.54, 1.807) is 28.4 Å². The van der Waals surface area contributed by atoms with Crippen LogP contribution in [-0.4, -0.2) is 34.5 Å². The highest BCUT2D eigenvalue weighted by atomic mass is 16.5. The van der Waals surface area contributed by atoms with Gasteiger partial charge in [-0.25, -0.2) is 0 Å². The van der Waals surface area contributed by atoms with Crippen molar-refractivity contribution in [1.29, 1.82) is 0 Å². The molecule has 1 aliphatic rings. The van der Waals surface area contributed by atoms with Gasteiger partial charge in [0.15, 0.2) is 0 Å². The smallest absolute Gasteiger partial charge is 0.135 e. The molecule has 3 aromatic carbocycles. The zero-order chi connectivity index (χ0) is 22.3. The zero-order valence-corrected chi connectivity index (χ0v) is 19.4. The van der Waals surface area contributed by atoms with E-state index in [1.165, 1.54) is 11.1 Å². The van der Waals surface area contributed by atoms with Gasteiger partial charge in [0.1, 0.15) is 23.0 Å². The van der Waals surface area contributed by atoms with Crippen molar-refractivity contribution in [2.24, 2.45) is 0 Å². The van der Waals surface area contributed by atoms with Gasteiger partial charge < -0.3 is 24.3 Å². The first-order chi connectivity index (χ1) is 14.9. The van der Waals surface area contributed by atoms with Crippen LogP contribution < -0.4 is 24.3 Å². The van der Waals surface area contributed by atoms with Crippen molar-refractivity contribution < 1.29 is 18.9 Å². The van der Waals surface area contributed by atoms with Crippen LogP contribution in [0.15, 0.2) is 30.3 Å². The molecule has 0 fully saturated rings. The molecule has 4 rings (SSSR count). The Morgan fingerprint density at radius 2 is 1.55 bits per heavy atom. The van der Waals surface area contributed by atoms with Crippen LogP contribution in [0.4, 0.5) is 0 Å². The summed E-state index contributed by atoms with van der Waals surface area (Å²) in [6.45, 7) is 6.49. The third kappa shape index (κ3) is 3.37. The van der Waals surface area contributed by atoms with E-state index in [0.29, 0.717) is 6.04 Å². The van der Waals surface area contributed by atoms with E-state index >= 15 is 0 Å². The predicted octanol–water partition coefficient (Wildman–Crippen LogP) is 5.44. The number of aryl methyl sites for hydroxylation is 1. The second-order valence-corrected chi connectivity index (χ2v) is 8.21. The molecule has 1 N–H and O–H groups in total. The average molecular weight is 422 g/mol. The number of rotatable bonds is 5. The fourth-order valence-electron chi connectivity index (χ4n) is 5.06. The average Bonchev–Trinajstić information content (AvgIpc) is 2.76. The van der Waals surface area contributed by atoms with Gasteiger partial charge in [-0.3, -0.25) is 0 Å². The van der Waals surface area contributed by atoms with E-state index in [1.807, 2.05) is 12.1 Å². The van der Waals surface area contributed by atoms with Gasteiger partial charge in [0.05, 0.1) is 39.4 Å². The lowest BCUT2D eigenvalue weighted by molar-refractivity contribution is 0.372. The summed E-state index contributed by atoms with van der Waals surface area (Å²) in [7, 11) is 6.84. The Hall–Kier alpha value is -2.92. The molecule has 0 radical (unpaired) electrons. The van der Waals surface area contributed by atoms with Crippen molar-refractivity contribution >= 4 is 10.8 Å². The van der Waals surface area contributed by atoms with E-state index in [4.69, 9.17) is 18.9 Å². The minimum absolute atomic E-state index is 0.178. The molecule has 0 aromatic heterocycles. The standard InChI is InChI=1S/C26H31NO4/c1-14-11-20(29-5)24-18(9-8-10-19(24)28-4)22(14)25-21(30-6)13-17-12-15(2)27-16(3)23(17)26(25)31-7/h8-11,13,15-16,27H,12H2,1-7H3/t15-,16+/m0/s1. The van der Waals surface area contributed by atoms with Crippen molar-refractivity contribution in [3.05, 3.63) is 47.0 Å². The van der Waals surface area contributed by atoms with E-state index in [0.717, 1.165) is 56.9 Å². The minimum Gasteiger partial charge on any atom is -0.496 e. The summed E-state index contributed by atoms with van der Waals surface area (Å²) < 4.78 is 23.4. The molecule has 1 heterocycles. The summed E-state index contributed by atoms with van der Waals surface area (Å²) in [5.74, 6) is 3.23. The Morgan fingerprint density at radius 3 is 2.19 bits per heavy atom. The van der Waals surface area contributed by atoms with Crippen LogP contribution in [-0.2, 0) is 6.42 Å². The Bertz CT molecular complexity index is 1140. The monoisotopic (exact) mass is 421 g/mol. The molecule has 0 amide bonds. The van der Waals surface area contributed by atoms with Crippen LogP contribution >= 0.6 is 0 Å². The largest absolute Gasteiger partial charge is 0.496 e. The zero-order valence-electron chi connectivity index (χ0n) is 19.4. The molecule has 0 aliphatic carbocycles. The number of ether oxygens (including phenoxy) is 4. The van der Waals surface area contributed by atoms with Gasteiger partial charge in [-0.05, 0) is 61.9 Å². The third-order valence-corrected chi connectivity index (χ3v) is 6.26. The lowest BCUT2D eigenvalue weighted by atomic mass is 9.84. The molecule has 3 aromatic rings. The fourth-order valence-corrected chi connectivity index (χ4v) is 5.06. The molecule has 0 spiro atoms. The summed E-state index contributed by atoms with van der Waals surface area (Å²) in [6.07, 6.45) is 0.933. The van der Waals surface area contributed by atoms with E-state index < -0.39 is 0 Å². The Morgan fingerprint density at radius 1 is 0.839 bits per heavy atom. The fraction of sp³-hybridized carbons (Fsp3) is 0.385. The molecule has 0 bridgehead atoms. The van der Waals surface area contributed by atoms with Crippen molar-refractivity contribution in [2.75, 3.05) is 28.4 Å². The number of benzene rings is 3. The Labute approximate surface area is 184 Å². The topological polar surface area (TPSA) is 49.0 Å². The molecule has 0 saturated heterocycles. The minimum atomic E-state index is 0.178. The van der Waals surface area contributed by atoms with Gasteiger partial charge in [0, 0.05) is 23.2 Å². The second-order valence-electron chi connectivity index (χ2n) is 8.21.